The summed E-state index contributed by atoms with van der Waals surface area (Å²) in [5.41, 5.74) is 6.91. The van der Waals surface area contributed by atoms with Crippen LogP contribution in [0.3, 0.4) is 0 Å². The molecule has 2 N–H and O–H groups in total. The first-order valence-electron chi connectivity index (χ1n) is 5.86. The van der Waals surface area contributed by atoms with E-state index in [-0.39, 0.29) is 11.9 Å². The maximum Gasteiger partial charge on any atom is 0.256 e. The van der Waals surface area contributed by atoms with E-state index in [4.69, 9.17) is 5.73 Å². The Bertz CT molecular complexity index is 583. The van der Waals surface area contributed by atoms with E-state index in [1.54, 1.807) is 35.4 Å². The topological polar surface area (TPSA) is 46.3 Å². The fraction of sp³-hybridized carbons (Fsp3) is 0.214. The van der Waals surface area contributed by atoms with Crippen LogP contribution in [0.5, 0.6) is 0 Å². The van der Waals surface area contributed by atoms with E-state index in [0.29, 0.717) is 11.3 Å². The molecule has 0 aliphatic carbocycles. The zero-order chi connectivity index (χ0) is 14.0. The van der Waals surface area contributed by atoms with Crippen LogP contribution >= 0.6 is 27.3 Å². The molecule has 0 spiro atoms. The standard InChI is InChI=1S/C14H15BrN2OS/c1-9(13-4-3-7-19-13)17(2)14(18)11-8-10(15)5-6-12(11)16/h3-9H,16H2,1-2H3. The molecular formula is C14H15BrN2OS. The lowest BCUT2D eigenvalue weighted by Gasteiger charge is -2.24. The smallest absolute Gasteiger partial charge is 0.256 e. The van der Waals surface area contributed by atoms with Crippen molar-refractivity contribution in [2.24, 2.45) is 0 Å². The number of anilines is 1. The van der Waals surface area contributed by atoms with Crippen molar-refractivity contribution in [2.75, 3.05) is 12.8 Å². The molecule has 1 aromatic heterocycles. The van der Waals surface area contributed by atoms with Gasteiger partial charge in [0, 0.05) is 22.1 Å². The van der Waals surface area contributed by atoms with Gasteiger partial charge in [0.1, 0.15) is 0 Å². The lowest BCUT2D eigenvalue weighted by Crippen LogP contribution is -2.29. The highest BCUT2D eigenvalue weighted by Gasteiger charge is 2.21. The van der Waals surface area contributed by atoms with Crippen LogP contribution in [0.1, 0.15) is 28.2 Å². The Morgan fingerprint density at radius 2 is 2.16 bits per heavy atom. The summed E-state index contributed by atoms with van der Waals surface area (Å²) in [6.07, 6.45) is 0. The Morgan fingerprint density at radius 1 is 1.42 bits per heavy atom. The van der Waals surface area contributed by atoms with Gasteiger partial charge in [0.2, 0.25) is 0 Å². The van der Waals surface area contributed by atoms with Gasteiger partial charge < -0.3 is 10.6 Å². The van der Waals surface area contributed by atoms with Crippen LogP contribution in [-0.4, -0.2) is 17.9 Å². The monoisotopic (exact) mass is 338 g/mol. The number of hydrogen-bond acceptors (Lipinski definition) is 3. The number of benzene rings is 1. The van der Waals surface area contributed by atoms with Gasteiger partial charge in [-0.15, -0.1) is 11.3 Å². The SMILES string of the molecule is CC(c1cccs1)N(C)C(=O)c1cc(Br)ccc1N. The first-order chi connectivity index (χ1) is 9.00. The average molecular weight is 339 g/mol. The fourth-order valence-electron chi connectivity index (χ4n) is 1.80. The van der Waals surface area contributed by atoms with E-state index < -0.39 is 0 Å². The van der Waals surface area contributed by atoms with Gasteiger partial charge in [-0.2, -0.15) is 0 Å². The Hall–Kier alpha value is -1.33. The molecule has 0 aliphatic heterocycles. The summed E-state index contributed by atoms with van der Waals surface area (Å²) in [5, 5.41) is 2.01. The third-order valence-electron chi connectivity index (χ3n) is 3.10. The van der Waals surface area contributed by atoms with E-state index >= 15 is 0 Å². The summed E-state index contributed by atoms with van der Waals surface area (Å²) in [4.78, 5) is 15.4. The molecule has 100 valence electrons. The molecule has 3 nitrogen and oxygen atoms in total. The molecule has 0 bridgehead atoms. The van der Waals surface area contributed by atoms with E-state index in [0.717, 1.165) is 9.35 Å². The molecule has 1 amide bonds. The van der Waals surface area contributed by atoms with Crippen LogP contribution < -0.4 is 5.73 Å². The Labute approximate surface area is 125 Å². The van der Waals surface area contributed by atoms with Crippen LogP contribution in [0.15, 0.2) is 40.2 Å². The molecule has 1 atom stereocenters. The fourth-order valence-corrected chi connectivity index (χ4v) is 2.99. The summed E-state index contributed by atoms with van der Waals surface area (Å²) in [5.74, 6) is -0.0697. The molecule has 1 heterocycles. The van der Waals surface area contributed by atoms with Gasteiger partial charge in [0.15, 0.2) is 0 Å². The van der Waals surface area contributed by atoms with Gasteiger partial charge in [-0.3, -0.25) is 4.79 Å². The minimum Gasteiger partial charge on any atom is -0.398 e. The van der Waals surface area contributed by atoms with Crippen LogP contribution in [0.4, 0.5) is 5.69 Å². The average Bonchev–Trinajstić information content (AvgIpc) is 2.93. The second-order valence-electron chi connectivity index (χ2n) is 4.34. The zero-order valence-electron chi connectivity index (χ0n) is 10.8. The van der Waals surface area contributed by atoms with Gasteiger partial charge in [-0.25, -0.2) is 0 Å². The molecule has 0 saturated heterocycles. The highest BCUT2D eigenvalue weighted by atomic mass is 79.9. The van der Waals surface area contributed by atoms with Gasteiger partial charge in [0.25, 0.3) is 5.91 Å². The van der Waals surface area contributed by atoms with E-state index in [1.807, 2.05) is 30.5 Å². The predicted octanol–water partition coefficient (Wildman–Crippen LogP) is 3.93. The van der Waals surface area contributed by atoms with Crippen molar-refractivity contribution >= 4 is 38.9 Å². The molecule has 0 aliphatic rings. The maximum absolute atomic E-state index is 12.5. The summed E-state index contributed by atoms with van der Waals surface area (Å²) in [6.45, 7) is 2.01. The second kappa shape index (κ2) is 5.75. The number of carbonyl (C=O) groups is 1. The number of carbonyl (C=O) groups excluding carboxylic acids is 1. The number of nitrogen functional groups attached to an aromatic ring is 1. The number of hydrogen-bond donors (Lipinski definition) is 1. The minimum atomic E-state index is -0.0697. The number of rotatable bonds is 3. The highest BCUT2D eigenvalue weighted by Crippen LogP contribution is 2.27. The minimum absolute atomic E-state index is 0.0332. The third kappa shape index (κ3) is 2.98. The second-order valence-corrected chi connectivity index (χ2v) is 6.23. The summed E-state index contributed by atoms with van der Waals surface area (Å²) in [6, 6.07) is 9.38. The third-order valence-corrected chi connectivity index (χ3v) is 4.64. The molecule has 0 radical (unpaired) electrons. The molecule has 1 aromatic carbocycles. The van der Waals surface area contributed by atoms with E-state index in [1.165, 1.54) is 0 Å². The number of nitrogens with zero attached hydrogens (tertiary/aromatic N) is 1. The Kier molecular flexibility index (Phi) is 4.27. The lowest BCUT2D eigenvalue weighted by atomic mass is 10.1. The molecular weight excluding hydrogens is 324 g/mol. The highest BCUT2D eigenvalue weighted by molar-refractivity contribution is 9.10. The number of thiophene rings is 1. The Balaban J connectivity index is 2.26. The van der Waals surface area contributed by atoms with Crippen molar-refractivity contribution in [1.29, 1.82) is 0 Å². The van der Waals surface area contributed by atoms with Crippen molar-refractivity contribution < 1.29 is 4.79 Å². The van der Waals surface area contributed by atoms with E-state index in [2.05, 4.69) is 15.9 Å². The normalized spacial score (nSPS) is 12.2. The molecule has 5 heteroatoms. The van der Waals surface area contributed by atoms with Crippen molar-refractivity contribution in [2.45, 2.75) is 13.0 Å². The number of nitrogens with two attached hydrogens (primary N) is 1. The van der Waals surface area contributed by atoms with Gasteiger partial charge in [-0.1, -0.05) is 22.0 Å². The predicted molar refractivity (Wildman–Crippen MR) is 83.4 cm³/mol. The molecule has 0 saturated carbocycles. The maximum atomic E-state index is 12.5. The van der Waals surface area contributed by atoms with Crippen LogP contribution in [0.25, 0.3) is 0 Å². The largest absolute Gasteiger partial charge is 0.398 e. The van der Waals surface area contributed by atoms with Gasteiger partial charge in [0.05, 0.1) is 11.6 Å². The quantitative estimate of drug-likeness (QED) is 0.862. The summed E-state index contributed by atoms with van der Waals surface area (Å²) >= 11 is 5.01. The van der Waals surface area contributed by atoms with Crippen LogP contribution in [-0.2, 0) is 0 Å². The first kappa shape index (κ1) is 14.1. The molecule has 2 aromatic rings. The zero-order valence-corrected chi connectivity index (χ0v) is 13.2. The lowest BCUT2D eigenvalue weighted by molar-refractivity contribution is 0.0746. The van der Waals surface area contributed by atoms with Gasteiger partial charge >= 0.3 is 0 Å². The Morgan fingerprint density at radius 3 is 2.79 bits per heavy atom. The van der Waals surface area contributed by atoms with Crippen LogP contribution in [0, 0.1) is 0 Å². The first-order valence-corrected chi connectivity index (χ1v) is 7.53. The summed E-state index contributed by atoms with van der Waals surface area (Å²) < 4.78 is 0.849. The van der Waals surface area contributed by atoms with Crippen molar-refractivity contribution in [3.63, 3.8) is 0 Å². The van der Waals surface area contributed by atoms with Crippen molar-refractivity contribution in [1.82, 2.24) is 4.90 Å². The van der Waals surface area contributed by atoms with E-state index in [9.17, 15) is 4.79 Å². The van der Waals surface area contributed by atoms with Crippen LogP contribution in [0.2, 0.25) is 0 Å². The number of amides is 1. The van der Waals surface area contributed by atoms with Crippen molar-refractivity contribution in [3.05, 3.63) is 50.6 Å². The summed E-state index contributed by atoms with van der Waals surface area (Å²) in [7, 11) is 1.80. The molecule has 0 fully saturated rings. The molecule has 2 rings (SSSR count). The van der Waals surface area contributed by atoms with Gasteiger partial charge in [-0.05, 0) is 36.6 Å². The number of halogens is 1. The molecule has 19 heavy (non-hydrogen) atoms. The molecule has 1 unspecified atom stereocenters. The van der Waals surface area contributed by atoms with Crippen molar-refractivity contribution in [3.8, 4) is 0 Å².